The van der Waals surface area contributed by atoms with Gasteiger partial charge < -0.3 is 0 Å². The summed E-state index contributed by atoms with van der Waals surface area (Å²) in [5.74, 6) is 0.589. The van der Waals surface area contributed by atoms with Crippen molar-refractivity contribution >= 4 is 5.71 Å². The van der Waals surface area contributed by atoms with Crippen molar-refractivity contribution in [2.75, 3.05) is 13.1 Å². The first kappa shape index (κ1) is 19.0. The number of hydrogen-bond donors (Lipinski definition) is 0. The van der Waals surface area contributed by atoms with Crippen molar-refractivity contribution in [3.05, 3.63) is 77.3 Å². The molecule has 0 saturated carbocycles. The van der Waals surface area contributed by atoms with E-state index in [0.717, 1.165) is 67.5 Å². The summed E-state index contributed by atoms with van der Waals surface area (Å²) in [4.78, 5) is 21.0. The molecule has 0 bridgehead atoms. The Hall–Kier alpha value is -2.99. The van der Waals surface area contributed by atoms with E-state index < -0.39 is 0 Å². The zero-order valence-corrected chi connectivity index (χ0v) is 16.9. The molecule has 4 heterocycles. The fourth-order valence-corrected chi connectivity index (χ4v) is 4.10. The second-order valence-corrected chi connectivity index (χ2v) is 7.97. The third-order valence-electron chi connectivity index (χ3n) is 5.77. The molecule has 0 radical (unpaired) electrons. The summed E-state index contributed by atoms with van der Waals surface area (Å²) >= 11 is 0. The molecule has 0 amide bonds. The normalized spacial score (nSPS) is 16.8. The van der Waals surface area contributed by atoms with Gasteiger partial charge in [-0.3, -0.25) is 14.9 Å². The number of rotatable bonds is 4. The molecule has 5 rings (SSSR count). The van der Waals surface area contributed by atoms with Crippen molar-refractivity contribution in [2.45, 2.75) is 38.8 Å². The summed E-state index contributed by atoms with van der Waals surface area (Å²) in [5.41, 5.74) is 6.38. The first-order valence-electron chi connectivity index (χ1n) is 10.6. The number of hydrogen-bond acceptors (Lipinski definition) is 5. The Morgan fingerprint density at radius 3 is 2.60 bits per heavy atom. The van der Waals surface area contributed by atoms with E-state index in [-0.39, 0.29) is 5.82 Å². The van der Waals surface area contributed by atoms with Crippen molar-refractivity contribution in [1.82, 2.24) is 19.9 Å². The summed E-state index contributed by atoms with van der Waals surface area (Å²) in [6.07, 6.45) is 8.17. The number of aromatic nitrogens is 3. The summed E-state index contributed by atoms with van der Waals surface area (Å²) in [7, 11) is 0. The molecule has 152 valence electrons. The van der Waals surface area contributed by atoms with Gasteiger partial charge in [0.25, 0.3) is 0 Å². The van der Waals surface area contributed by atoms with Crippen LogP contribution in [0.25, 0.3) is 11.3 Å². The zero-order chi connectivity index (χ0) is 20.3. The third-order valence-corrected chi connectivity index (χ3v) is 5.77. The van der Waals surface area contributed by atoms with Crippen LogP contribution in [0.2, 0.25) is 0 Å². The summed E-state index contributed by atoms with van der Waals surface area (Å²) in [6.45, 7) is 3.56. The first-order valence-corrected chi connectivity index (χ1v) is 10.6. The van der Waals surface area contributed by atoms with Crippen LogP contribution in [0.3, 0.4) is 0 Å². The molecule has 1 aromatic carbocycles. The largest absolute Gasteiger partial charge is 0.294 e. The van der Waals surface area contributed by atoms with Gasteiger partial charge in [0, 0.05) is 56.1 Å². The van der Waals surface area contributed by atoms with Gasteiger partial charge in [0.15, 0.2) is 5.82 Å². The smallest absolute Gasteiger partial charge is 0.173 e. The van der Waals surface area contributed by atoms with Gasteiger partial charge in [0.2, 0.25) is 0 Å². The number of fused-ring (bicyclic) bond motifs is 1. The summed E-state index contributed by atoms with van der Waals surface area (Å²) < 4.78 is 13.1. The molecular weight excluding hydrogens is 377 g/mol. The standard InChI is InChI=1S/C24H24FN5/c25-20-7-5-18(6-8-20)21-9-4-17(13-27-21)15-30-12-10-22-19(16-30)14-28-24(29-22)23-3-1-2-11-26-23/h4-9,13-14H,1-3,10-12,15-16H2. The van der Waals surface area contributed by atoms with Crippen molar-refractivity contribution in [2.24, 2.45) is 4.99 Å². The summed E-state index contributed by atoms with van der Waals surface area (Å²) in [6, 6.07) is 10.5. The Bertz CT molecular complexity index is 1060. The molecule has 0 fully saturated rings. The number of pyridine rings is 1. The quantitative estimate of drug-likeness (QED) is 0.657. The molecule has 0 unspecified atom stereocenters. The lowest BCUT2D eigenvalue weighted by Gasteiger charge is -2.28. The van der Waals surface area contributed by atoms with E-state index in [1.807, 2.05) is 18.5 Å². The number of aliphatic imine (C=N–C) groups is 1. The van der Waals surface area contributed by atoms with Gasteiger partial charge in [0.1, 0.15) is 5.82 Å². The molecular formula is C24H24FN5. The topological polar surface area (TPSA) is 54.3 Å². The maximum atomic E-state index is 13.1. The monoisotopic (exact) mass is 401 g/mol. The lowest BCUT2D eigenvalue weighted by Crippen LogP contribution is -2.31. The van der Waals surface area contributed by atoms with E-state index in [2.05, 4.69) is 25.9 Å². The molecule has 2 aliphatic heterocycles. The highest BCUT2D eigenvalue weighted by Gasteiger charge is 2.20. The highest BCUT2D eigenvalue weighted by atomic mass is 19.1. The van der Waals surface area contributed by atoms with Crippen LogP contribution >= 0.6 is 0 Å². The maximum Gasteiger partial charge on any atom is 0.173 e. The van der Waals surface area contributed by atoms with E-state index in [0.29, 0.717) is 0 Å². The van der Waals surface area contributed by atoms with E-state index in [4.69, 9.17) is 4.98 Å². The average Bonchev–Trinajstić information content (AvgIpc) is 2.80. The van der Waals surface area contributed by atoms with E-state index in [1.54, 1.807) is 12.1 Å². The van der Waals surface area contributed by atoms with Gasteiger partial charge in [0.05, 0.1) is 17.1 Å². The fourth-order valence-electron chi connectivity index (χ4n) is 4.10. The number of halogens is 1. The minimum Gasteiger partial charge on any atom is -0.294 e. The van der Waals surface area contributed by atoms with Crippen molar-refractivity contribution in [3.63, 3.8) is 0 Å². The lowest BCUT2D eigenvalue weighted by atomic mass is 10.0. The molecule has 2 aromatic heterocycles. The van der Waals surface area contributed by atoms with Crippen LogP contribution in [0, 0.1) is 5.82 Å². The van der Waals surface area contributed by atoms with Gasteiger partial charge in [-0.05, 0) is 55.2 Å². The Labute approximate surface area is 175 Å². The van der Waals surface area contributed by atoms with Crippen molar-refractivity contribution in [3.8, 4) is 11.3 Å². The third kappa shape index (κ3) is 4.14. The van der Waals surface area contributed by atoms with Crippen LogP contribution in [0.1, 0.15) is 41.9 Å². The minimum absolute atomic E-state index is 0.233. The molecule has 6 heteroatoms. The highest BCUT2D eigenvalue weighted by molar-refractivity contribution is 5.97. The van der Waals surface area contributed by atoms with Crippen LogP contribution in [-0.4, -0.2) is 38.7 Å². The van der Waals surface area contributed by atoms with Gasteiger partial charge in [-0.2, -0.15) is 0 Å². The molecule has 30 heavy (non-hydrogen) atoms. The highest BCUT2D eigenvalue weighted by Crippen LogP contribution is 2.21. The molecule has 0 aliphatic carbocycles. The van der Waals surface area contributed by atoms with Gasteiger partial charge in [-0.1, -0.05) is 6.07 Å². The Morgan fingerprint density at radius 1 is 0.933 bits per heavy atom. The molecule has 5 nitrogen and oxygen atoms in total. The van der Waals surface area contributed by atoms with Gasteiger partial charge >= 0.3 is 0 Å². The maximum absolute atomic E-state index is 13.1. The zero-order valence-electron chi connectivity index (χ0n) is 16.9. The van der Waals surface area contributed by atoms with Crippen LogP contribution in [0.5, 0.6) is 0 Å². The van der Waals surface area contributed by atoms with Crippen LogP contribution < -0.4 is 0 Å². The Kier molecular flexibility index (Phi) is 5.32. The molecule has 3 aromatic rings. The Morgan fingerprint density at radius 2 is 1.83 bits per heavy atom. The first-order chi connectivity index (χ1) is 14.7. The minimum atomic E-state index is -0.233. The summed E-state index contributed by atoms with van der Waals surface area (Å²) in [5, 5.41) is 0. The van der Waals surface area contributed by atoms with E-state index in [9.17, 15) is 4.39 Å². The fraction of sp³-hybridized carbons (Fsp3) is 0.333. The molecule has 0 spiro atoms. The molecule has 2 aliphatic rings. The van der Waals surface area contributed by atoms with Crippen molar-refractivity contribution in [1.29, 1.82) is 0 Å². The molecule has 0 saturated heterocycles. The number of nitrogens with zero attached hydrogens (tertiary/aromatic N) is 5. The predicted octanol–water partition coefficient (Wildman–Crippen LogP) is 4.21. The second-order valence-electron chi connectivity index (χ2n) is 7.97. The van der Waals surface area contributed by atoms with Crippen LogP contribution in [-0.2, 0) is 19.5 Å². The van der Waals surface area contributed by atoms with Crippen LogP contribution in [0.15, 0.2) is 53.8 Å². The van der Waals surface area contributed by atoms with E-state index >= 15 is 0 Å². The average molecular weight is 401 g/mol. The Balaban J connectivity index is 1.25. The molecule has 0 atom stereocenters. The second kappa shape index (κ2) is 8.40. The number of benzene rings is 1. The SMILES string of the molecule is Fc1ccc(-c2ccc(CN3CCc4nc(C5=NCCCC5)ncc4C3)cn2)cc1. The predicted molar refractivity (Wildman–Crippen MR) is 115 cm³/mol. The molecule has 0 N–H and O–H groups in total. The van der Waals surface area contributed by atoms with E-state index in [1.165, 1.54) is 36.1 Å². The lowest BCUT2D eigenvalue weighted by molar-refractivity contribution is 0.242. The van der Waals surface area contributed by atoms with Crippen LogP contribution in [0.4, 0.5) is 4.39 Å². The van der Waals surface area contributed by atoms with Gasteiger partial charge in [-0.15, -0.1) is 0 Å². The van der Waals surface area contributed by atoms with Gasteiger partial charge in [-0.25, -0.2) is 14.4 Å². The van der Waals surface area contributed by atoms with Crippen molar-refractivity contribution < 1.29 is 4.39 Å².